The number of carbonyl (C=O) groups excluding carboxylic acids is 3. The molecular formula is C18H17NO4. The Morgan fingerprint density at radius 1 is 1.30 bits per heavy atom. The molecule has 2 aliphatic carbocycles. The van der Waals surface area contributed by atoms with E-state index >= 15 is 0 Å². The Morgan fingerprint density at radius 3 is 2.74 bits per heavy atom. The SMILES string of the molecule is CCOC(=O)[C@@]12C(=O)C(=O)N[C@]1(c1ccccc1)[C@@H]1C=CC[C@@H]12. The first-order valence-corrected chi connectivity index (χ1v) is 7.87. The summed E-state index contributed by atoms with van der Waals surface area (Å²) in [4.78, 5) is 37.9. The fourth-order valence-corrected chi connectivity index (χ4v) is 4.79. The third kappa shape index (κ3) is 1.36. The Kier molecular flexibility index (Phi) is 2.80. The molecule has 1 N–H and O–H groups in total. The van der Waals surface area contributed by atoms with E-state index in [2.05, 4.69) is 5.32 Å². The lowest BCUT2D eigenvalue weighted by Gasteiger charge is -2.60. The lowest BCUT2D eigenvalue weighted by molar-refractivity contribution is -0.190. The van der Waals surface area contributed by atoms with E-state index in [9.17, 15) is 14.4 Å². The van der Waals surface area contributed by atoms with Crippen molar-refractivity contribution in [2.24, 2.45) is 17.3 Å². The normalized spacial score (nSPS) is 36.9. The van der Waals surface area contributed by atoms with Crippen LogP contribution < -0.4 is 5.32 Å². The van der Waals surface area contributed by atoms with Gasteiger partial charge in [-0.25, -0.2) is 0 Å². The molecule has 118 valence electrons. The van der Waals surface area contributed by atoms with Crippen LogP contribution in [0.4, 0.5) is 0 Å². The highest BCUT2D eigenvalue weighted by molar-refractivity contribution is 6.46. The molecule has 0 unspecified atom stereocenters. The summed E-state index contributed by atoms with van der Waals surface area (Å²) in [7, 11) is 0. The van der Waals surface area contributed by atoms with Crippen molar-refractivity contribution in [3.63, 3.8) is 0 Å². The van der Waals surface area contributed by atoms with Crippen molar-refractivity contribution in [3.8, 4) is 0 Å². The number of ether oxygens (including phenoxy) is 1. The zero-order chi connectivity index (χ0) is 16.2. The molecule has 1 amide bonds. The van der Waals surface area contributed by atoms with Gasteiger partial charge in [-0.15, -0.1) is 0 Å². The highest BCUT2D eigenvalue weighted by atomic mass is 16.5. The third-order valence-electron chi connectivity index (χ3n) is 5.55. The number of nitrogens with one attached hydrogen (secondary N) is 1. The van der Waals surface area contributed by atoms with Gasteiger partial charge in [-0.3, -0.25) is 14.4 Å². The molecule has 1 heterocycles. The molecule has 1 saturated heterocycles. The van der Waals surface area contributed by atoms with Crippen molar-refractivity contribution in [3.05, 3.63) is 48.0 Å². The highest BCUT2D eigenvalue weighted by Crippen LogP contribution is 2.70. The van der Waals surface area contributed by atoms with Gasteiger partial charge in [0.2, 0.25) is 5.78 Å². The van der Waals surface area contributed by atoms with Crippen LogP contribution in [-0.4, -0.2) is 24.3 Å². The highest BCUT2D eigenvalue weighted by Gasteiger charge is 2.84. The maximum absolute atomic E-state index is 12.8. The fraction of sp³-hybridized carbons (Fsp3) is 0.389. The van der Waals surface area contributed by atoms with Crippen LogP contribution in [0.2, 0.25) is 0 Å². The minimum Gasteiger partial charge on any atom is -0.465 e. The number of carbonyl (C=O) groups is 3. The smallest absolute Gasteiger partial charge is 0.323 e. The number of allylic oxidation sites excluding steroid dienone is 1. The summed E-state index contributed by atoms with van der Waals surface area (Å²) in [6.07, 6.45) is 4.60. The minimum atomic E-state index is -1.45. The van der Waals surface area contributed by atoms with Crippen LogP contribution in [0.3, 0.4) is 0 Å². The van der Waals surface area contributed by atoms with Crippen LogP contribution >= 0.6 is 0 Å². The van der Waals surface area contributed by atoms with Gasteiger partial charge in [0.05, 0.1) is 12.1 Å². The largest absolute Gasteiger partial charge is 0.465 e. The van der Waals surface area contributed by atoms with Gasteiger partial charge in [-0.1, -0.05) is 42.5 Å². The second-order valence-corrected chi connectivity index (χ2v) is 6.28. The maximum atomic E-state index is 12.8. The number of fused-ring (bicyclic) bond motifs is 4. The van der Waals surface area contributed by atoms with Crippen molar-refractivity contribution in [2.75, 3.05) is 6.61 Å². The monoisotopic (exact) mass is 311 g/mol. The number of hydrogen-bond acceptors (Lipinski definition) is 4. The van der Waals surface area contributed by atoms with Gasteiger partial charge in [0.1, 0.15) is 0 Å². The standard InChI is InChI=1S/C18H17NO4/c1-2-23-16(22)17-12-9-6-10-13(12)18(17,19-15(21)14(17)20)11-7-4-3-5-8-11/h3-8,10,12-13H,2,9H2,1H3,(H,19,21)/t12-,13+,17+,18+/m0/s1. The van der Waals surface area contributed by atoms with Crippen molar-refractivity contribution < 1.29 is 19.1 Å². The molecule has 1 aliphatic heterocycles. The third-order valence-corrected chi connectivity index (χ3v) is 5.55. The molecule has 5 nitrogen and oxygen atoms in total. The molecule has 5 heteroatoms. The number of hydrogen-bond donors (Lipinski definition) is 1. The van der Waals surface area contributed by atoms with Crippen LogP contribution in [0.25, 0.3) is 0 Å². The lowest BCUT2D eigenvalue weighted by atomic mass is 9.41. The molecule has 1 aromatic carbocycles. The first-order chi connectivity index (χ1) is 11.1. The lowest BCUT2D eigenvalue weighted by Crippen LogP contribution is -2.73. The molecule has 3 aliphatic rings. The average Bonchev–Trinajstić information content (AvgIpc) is 3.06. The van der Waals surface area contributed by atoms with Gasteiger partial charge in [-0.05, 0) is 24.8 Å². The predicted molar refractivity (Wildman–Crippen MR) is 81.1 cm³/mol. The second kappa shape index (κ2) is 4.54. The van der Waals surface area contributed by atoms with Crippen molar-refractivity contribution in [1.82, 2.24) is 5.32 Å². The van der Waals surface area contributed by atoms with Crippen LogP contribution in [-0.2, 0) is 24.7 Å². The Hall–Kier alpha value is -2.43. The number of amides is 1. The van der Waals surface area contributed by atoms with E-state index in [-0.39, 0.29) is 18.4 Å². The van der Waals surface area contributed by atoms with E-state index in [1.807, 2.05) is 42.5 Å². The van der Waals surface area contributed by atoms with E-state index in [0.717, 1.165) is 5.56 Å². The van der Waals surface area contributed by atoms with Crippen molar-refractivity contribution in [2.45, 2.75) is 18.9 Å². The first kappa shape index (κ1) is 14.2. The molecule has 1 aromatic rings. The van der Waals surface area contributed by atoms with E-state index in [4.69, 9.17) is 4.74 Å². The van der Waals surface area contributed by atoms with E-state index in [0.29, 0.717) is 6.42 Å². The van der Waals surface area contributed by atoms with Crippen LogP contribution in [0.5, 0.6) is 0 Å². The molecule has 2 fully saturated rings. The van der Waals surface area contributed by atoms with Crippen LogP contribution in [0.15, 0.2) is 42.5 Å². The number of benzene rings is 1. The summed E-state index contributed by atoms with van der Waals surface area (Å²) >= 11 is 0. The van der Waals surface area contributed by atoms with Gasteiger partial charge < -0.3 is 10.1 Å². The summed E-state index contributed by atoms with van der Waals surface area (Å²) in [5.41, 5.74) is -1.69. The summed E-state index contributed by atoms with van der Waals surface area (Å²) in [6.45, 7) is 1.88. The first-order valence-electron chi connectivity index (χ1n) is 7.87. The van der Waals surface area contributed by atoms with E-state index < -0.39 is 28.6 Å². The van der Waals surface area contributed by atoms with Crippen molar-refractivity contribution in [1.29, 1.82) is 0 Å². The predicted octanol–water partition coefficient (Wildman–Crippen LogP) is 1.34. The molecule has 4 atom stereocenters. The summed E-state index contributed by atoms with van der Waals surface area (Å²) in [5, 5.41) is 2.84. The van der Waals surface area contributed by atoms with Gasteiger partial charge in [0, 0.05) is 5.92 Å². The minimum absolute atomic E-state index is 0.0651. The summed E-state index contributed by atoms with van der Waals surface area (Å²) in [6, 6.07) is 9.28. The molecule has 0 aromatic heterocycles. The second-order valence-electron chi connectivity index (χ2n) is 6.28. The van der Waals surface area contributed by atoms with Gasteiger partial charge in [0.15, 0.2) is 5.41 Å². The quantitative estimate of drug-likeness (QED) is 0.396. The Balaban J connectivity index is 1.96. The van der Waals surface area contributed by atoms with Crippen LogP contribution in [0.1, 0.15) is 18.9 Å². The summed E-state index contributed by atoms with van der Waals surface area (Å²) in [5.74, 6) is -2.22. The van der Waals surface area contributed by atoms with E-state index in [1.165, 1.54) is 0 Å². The number of ketones is 1. The van der Waals surface area contributed by atoms with Crippen LogP contribution in [0, 0.1) is 17.3 Å². The molecule has 0 radical (unpaired) electrons. The zero-order valence-corrected chi connectivity index (χ0v) is 12.7. The maximum Gasteiger partial charge on any atom is 0.323 e. The topological polar surface area (TPSA) is 72.5 Å². The number of Topliss-reactive ketones (excluding diaryl/α,β-unsaturated/α-hetero) is 1. The summed E-state index contributed by atoms with van der Waals surface area (Å²) < 4.78 is 5.24. The van der Waals surface area contributed by atoms with Gasteiger partial charge >= 0.3 is 5.97 Å². The number of rotatable bonds is 3. The Morgan fingerprint density at radius 2 is 2.04 bits per heavy atom. The Bertz CT molecular complexity index is 741. The molecule has 23 heavy (non-hydrogen) atoms. The molecular weight excluding hydrogens is 294 g/mol. The molecule has 0 spiro atoms. The Labute approximate surface area is 133 Å². The fourth-order valence-electron chi connectivity index (χ4n) is 4.79. The van der Waals surface area contributed by atoms with Crippen molar-refractivity contribution >= 4 is 17.7 Å². The van der Waals surface area contributed by atoms with Gasteiger partial charge in [0.25, 0.3) is 5.91 Å². The number of esters is 1. The zero-order valence-electron chi connectivity index (χ0n) is 12.7. The molecule has 0 bridgehead atoms. The molecule has 1 saturated carbocycles. The average molecular weight is 311 g/mol. The molecule has 4 rings (SSSR count). The van der Waals surface area contributed by atoms with Gasteiger partial charge in [-0.2, -0.15) is 0 Å². The van der Waals surface area contributed by atoms with E-state index in [1.54, 1.807) is 6.92 Å².